The van der Waals surface area contributed by atoms with Gasteiger partial charge in [-0.25, -0.2) is 9.78 Å². The fourth-order valence-corrected chi connectivity index (χ4v) is 2.58. The Bertz CT molecular complexity index is 931. The first-order chi connectivity index (χ1) is 11.2. The summed E-state index contributed by atoms with van der Waals surface area (Å²) in [4.78, 5) is 16.3. The van der Waals surface area contributed by atoms with E-state index >= 15 is 0 Å². The molecule has 0 aliphatic rings. The number of hydrogen-bond acceptors (Lipinski definition) is 4. The van der Waals surface area contributed by atoms with E-state index < -0.39 is 5.63 Å². The molecule has 0 aliphatic carbocycles. The van der Waals surface area contributed by atoms with Gasteiger partial charge in [0, 0.05) is 16.1 Å². The Morgan fingerprint density at radius 1 is 1.22 bits per heavy atom. The van der Waals surface area contributed by atoms with Crippen LogP contribution >= 0.6 is 15.9 Å². The summed E-state index contributed by atoms with van der Waals surface area (Å²) in [7, 11) is 0. The van der Waals surface area contributed by atoms with Crippen molar-refractivity contribution in [2.24, 2.45) is 0 Å². The summed E-state index contributed by atoms with van der Waals surface area (Å²) in [6.07, 6.45) is 3.48. The van der Waals surface area contributed by atoms with Crippen LogP contribution in [0.1, 0.15) is 18.4 Å². The van der Waals surface area contributed by atoms with Gasteiger partial charge in [-0.15, -0.1) is 0 Å². The monoisotopic (exact) mass is 371 g/mol. The third-order valence-electron chi connectivity index (χ3n) is 3.23. The van der Waals surface area contributed by atoms with Crippen molar-refractivity contribution in [3.05, 3.63) is 68.8 Å². The van der Waals surface area contributed by atoms with Gasteiger partial charge >= 0.3 is 5.63 Å². The fourth-order valence-electron chi connectivity index (χ4n) is 2.20. The smallest absolute Gasteiger partial charge is 0.347 e. The van der Waals surface area contributed by atoms with Gasteiger partial charge in [-0.3, -0.25) is 0 Å². The van der Waals surface area contributed by atoms with Crippen molar-refractivity contribution in [2.45, 2.75) is 6.92 Å². The van der Waals surface area contributed by atoms with Crippen LogP contribution in [0.15, 0.2) is 56.1 Å². The molecule has 23 heavy (non-hydrogen) atoms. The van der Waals surface area contributed by atoms with Crippen LogP contribution < -0.4 is 10.4 Å². The molecule has 0 spiro atoms. The largest absolute Gasteiger partial charge is 0.493 e. The molecule has 0 fully saturated rings. The van der Waals surface area contributed by atoms with E-state index in [2.05, 4.69) is 20.9 Å². The van der Waals surface area contributed by atoms with E-state index in [0.29, 0.717) is 17.5 Å². The molecule has 3 rings (SSSR count). The molecule has 0 saturated carbocycles. The Morgan fingerprint density at radius 3 is 2.87 bits per heavy atom. The number of ether oxygens (including phenoxy) is 1. The first-order valence-corrected chi connectivity index (χ1v) is 7.97. The summed E-state index contributed by atoms with van der Waals surface area (Å²) in [6, 6.07) is 12.8. The lowest BCUT2D eigenvalue weighted by atomic mass is 10.2. The fraction of sp³-hybridized carbons (Fsp3) is 0.111. The minimum Gasteiger partial charge on any atom is -0.493 e. The van der Waals surface area contributed by atoms with Gasteiger partial charge in [0.05, 0.1) is 17.5 Å². The molecular weight excluding hydrogens is 358 g/mol. The molecule has 4 nitrogen and oxygen atoms in total. The minimum absolute atomic E-state index is 0.260. The van der Waals surface area contributed by atoms with Gasteiger partial charge in [0.15, 0.2) is 0 Å². The van der Waals surface area contributed by atoms with E-state index in [9.17, 15) is 4.79 Å². The van der Waals surface area contributed by atoms with E-state index in [-0.39, 0.29) is 5.89 Å². The van der Waals surface area contributed by atoms with Crippen molar-refractivity contribution in [2.75, 3.05) is 6.61 Å². The first-order valence-electron chi connectivity index (χ1n) is 7.17. The van der Waals surface area contributed by atoms with Gasteiger partial charge in [0.25, 0.3) is 0 Å². The highest BCUT2D eigenvalue weighted by Crippen LogP contribution is 2.25. The second kappa shape index (κ2) is 6.79. The molecule has 0 atom stereocenters. The van der Waals surface area contributed by atoms with Crippen LogP contribution in [0, 0.1) is 0 Å². The molecule has 0 N–H and O–H groups in total. The highest BCUT2D eigenvalue weighted by atomic mass is 79.9. The van der Waals surface area contributed by atoms with Crippen molar-refractivity contribution in [3.8, 4) is 5.75 Å². The highest BCUT2D eigenvalue weighted by molar-refractivity contribution is 9.10. The molecule has 0 aliphatic heterocycles. The van der Waals surface area contributed by atoms with Crippen molar-refractivity contribution in [1.29, 1.82) is 0 Å². The Hall–Kier alpha value is -2.40. The number of aromatic nitrogens is 1. The molecule has 0 radical (unpaired) electrons. The van der Waals surface area contributed by atoms with E-state index in [1.165, 1.54) is 0 Å². The summed E-state index contributed by atoms with van der Waals surface area (Å²) < 4.78 is 11.8. The molecule has 1 aromatic heterocycles. The van der Waals surface area contributed by atoms with Crippen molar-refractivity contribution in [1.82, 2.24) is 4.98 Å². The average molecular weight is 372 g/mol. The lowest BCUT2D eigenvalue weighted by Gasteiger charge is -2.07. The van der Waals surface area contributed by atoms with Gasteiger partial charge < -0.3 is 9.15 Å². The maximum atomic E-state index is 12.0. The number of hydrogen-bond donors (Lipinski definition) is 0. The average Bonchev–Trinajstić information content (AvgIpc) is 2.55. The van der Waals surface area contributed by atoms with Crippen molar-refractivity contribution in [3.63, 3.8) is 0 Å². The molecular formula is C18H14BrNO3. The Labute approximate surface area is 141 Å². The summed E-state index contributed by atoms with van der Waals surface area (Å²) in [6.45, 7) is 2.51. The number of rotatable bonds is 4. The topological polar surface area (TPSA) is 52.3 Å². The van der Waals surface area contributed by atoms with Crippen LogP contribution in [0.3, 0.4) is 0 Å². The van der Waals surface area contributed by atoms with Gasteiger partial charge in [-0.1, -0.05) is 28.1 Å². The summed E-state index contributed by atoms with van der Waals surface area (Å²) >= 11 is 3.44. The van der Waals surface area contributed by atoms with Crippen LogP contribution in [0.4, 0.5) is 0 Å². The second-order valence-corrected chi connectivity index (χ2v) is 5.72. The van der Waals surface area contributed by atoms with Crippen LogP contribution in [-0.2, 0) is 0 Å². The third-order valence-corrected chi connectivity index (χ3v) is 3.72. The zero-order valence-corrected chi connectivity index (χ0v) is 14.0. The molecule has 0 saturated heterocycles. The van der Waals surface area contributed by atoms with Crippen LogP contribution in [0.2, 0.25) is 0 Å². The van der Waals surface area contributed by atoms with Gasteiger partial charge in [0.2, 0.25) is 5.89 Å². The molecule has 3 aromatic rings. The number of nitrogens with zero attached hydrogens (tertiary/aromatic N) is 1. The predicted molar refractivity (Wildman–Crippen MR) is 94.5 cm³/mol. The standard InChI is InChI=1S/C18H14BrNO3/c1-2-22-16-9-8-13(19)11-12(16)7-10-17-20-15-6-4-3-5-14(15)18(21)23-17/h3-11H,2H2,1H3/b10-7+. The SMILES string of the molecule is CCOc1ccc(Br)cc1/C=C/c1nc2ccccc2c(=O)o1. The third kappa shape index (κ3) is 3.51. The molecule has 2 aromatic carbocycles. The molecule has 5 heteroatoms. The molecule has 0 bridgehead atoms. The van der Waals surface area contributed by atoms with Gasteiger partial charge in [-0.05, 0) is 43.3 Å². The lowest BCUT2D eigenvalue weighted by molar-refractivity contribution is 0.339. The lowest BCUT2D eigenvalue weighted by Crippen LogP contribution is -2.02. The quantitative estimate of drug-likeness (QED) is 0.676. The number of halogens is 1. The van der Waals surface area contributed by atoms with E-state index in [1.54, 1.807) is 24.3 Å². The predicted octanol–water partition coefficient (Wildman–Crippen LogP) is 4.52. The molecule has 0 amide bonds. The Morgan fingerprint density at radius 2 is 2.04 bits per heavy atom. The highest BCUT2D eigenvalue weighted by Gasteiger charge is 2.05. The summed E-state index contributed by atoms with van der Waals surface area (Å²) in [5.74, 6) is 1.02. The molecule has 116 valence electrons. The van der Waals surface area contributed by atoms with E-state index in [1.807, 2.05) is 37.3 Å². The van der Waals surface area contributed by atoms with E-state index in [4.69, 9.17) is 9.15 Å². The van der Waals surface area contributed by atoms with Crippen LogP contribution in [0.5, 0.6) is 5.75 Å². The Kier molecular flexibility index (Phi) is 4.57. The zero-order chi connectivity index (χ0) is 16.2. The van der Waals surface area contributed by atoms with Crippen molar-refractivity contribution >= 4 is 39.0 Å². The maximum absolute atomic E-state index is 12.0. The normalized spacial score (nSPS) is 11.2. The van der Waals surface area contributed by atoms with E-state index in [0.717, 1.165) is 15.8 Å². The van der Waals surface area contributed by atoms with Crippen LogP contribution in [0.25, 0.3) is 23.1 Å². The maximum Gasteiger partial charge on any atom is 0.347 e. The molecule has 0 unspecified atom stereocenters. The molecule has 1 heterocycles. The summed E-state index contributed by atoms with van der Waals surface area (Å²) in [5.41, 5.74) is 1.09. The van der Waals surface area contributed by atoms with Crippen LogP contribution in [-0.4, -0.2) is 11.6 Å². The van der Waals surface area contributed by atoms with Gasteiger partial charge in [-0.2, -0.15) is 0 Å². The van der Waals surface area contributed by atoms with Crippen molar-refractivity contribution < 1.29 is 9.15 Å². The minimum atomic E-state index is -0.394. The Balaban J connectivity index is 2.00. The number of benzene rings is 2. The second-order valence-electron chi connectivity index (χ2n) is 4.81. The summed E-state index contributed by atoms with van der Waals surface area (Å²) in [5, 5.41) is 0.474. The van der Waals surface area contributed by atoms with Gasteiger partial charge in [0.1, 0.15) is 5.75 Å². The first kappa shape index (κ1) is 15.5. The number of para-hydroxylation sites is 1. The zero-order valence-electron chi connectivity index (χ0n) is 12.5. The number of fused-ring (bicyclic) bond motifs is 1.